The van der Waals surface area contributed by atoms with Gasteiger partial charge < -0.3 is 19.5 Å². The molecule has 3 aromatic rings. The number of nitrogens with zero attached hydrogens (tertiary/aromatic N) is 2. The second kappa shape index (κ2) is 13.4. The van der Waals surface area contributed by atoms with Crippen molar-refractivity contribution in [1.29, 1.82) is 0 Å². The van der Waals surface area contributed by atoms with E-state index in [-0.39, 0.29) is 34.4 Å². The molecule has 0 aromatic heterocycles. The summed E-state index contributed by atoms with van der Waals surface area (Å²) in [5, 5.41) is 2.68. The number of sulfonamides is 2. The van der Waals surface area contributed by atoms with E-state index >= 15 is 0 Å². The molecule has 1 saturated heterocycles. The number of rotatable bonds is 13. The number of hydrogen-bond donors (Lipinski definition) is 1. The van der Waals surface area contributed by atoms with Crippen LogP contribution in [-0.2, 0) is 24.8 Å². The highest BCUT2D eigenvalue weighted by Crippen LogP contribution is 2.35. The molecular weight excluding hydrogens is 582 g/mol. The number of ether oxygens (including phenoxy) is 3. The van der Waals surface area contributed by atoms with Crippen LogP contribution in [0.1, 0.15) is 18.4 Å². The summed E-state index contributed by atoms with van der Waals surface area (Å²) in [6, 6.07) is 17.1. The highest BCUT2D eigenvalue weighted by Gasteiger charge is 2.30. The molecule has 0 saturated carbocycles. The van der Waals surface area contributed by atoms with Crippen LogP contribution < -0.4 is 23.8 Å². The number of aryl methyl sites for hydroxylation is 1. The van der Waals surface area contributed by atoms with E-state index in [9.17, 15) is 21.6 Å². The molecule has 1 heterocycles. The van der Waals surface area contributed by atoms with Gasteiger partial charge in [-0.3, -0.25) is 9.10 Å². The van der Waals surface area contributed by atoms with E-state index in [0.29, 0.717) is 24.6 Å². The van der Waals surface area contributed by atoms with E-state index in [1.807, 2.05) is 6.92 Å². The quantitative estimate of drug-likeness (QED) is 0.290. The second-order valence-corrected chi connectivity index (χ2v) is 13.4. The van der Waals surface area contributed by atoms with Crippen molar-refractivity contribution in [3.8, 4) is 17.2 Å². The summed E-state index contributed by atoms with van der Waals surface area (Å²) in [6.45, 7) is 2.53. The fourth-order valence-electron chi connectivity index (χ4n) is 4.46. The molecule has 1 aliphatic rings. The standard InChI is InChI=1S/C29H35N3O8S2/c1-22-6-11-26(12-7-22)42(36,37)32(27-20-24(38-2)10-15-28(27)39-3)21-29(33)30-16-19-40-23-8-13-25(14-9-23)41(34,35)31-17-4-5-18-31/h6-15,20H,4-5,16-19,21H2,1-3H3,(H,30,33). The van der Waals surface area contributed by atoms with Gasteiger partial charge in [-0.2, -0.15) is 4.31 Å². The Bertz CT molecular complexity index is 1590. The summed E-state index contributed by atoms with van der Waals surface area (Å²) in [7, 11) is -4.82. The summed E-state index contributed by atoms with van der Waals surface area (Å²) in [4.78, 5) is 13.2. The summed E-state index contributed by atoms with van der Waals surface area (Å²) in [5.74, 6) is 0.515. The number of methoxy groups -OCH3 is 2. The molecule has 0 spiro atoms. The monoisotopic (exact) mass is 617 g/mol. The predicted octanol–water partition coefficient (Wildman–Crippen LogP) is 3.19. The number of hydrogen-bond acceptors (Lipinski definition) is 8. The van der Waals surface area contributed by atoms with Crippen LogP contribution in [0.25, 0.3) is 0 Å². The minimum Gasteiger partial charge on any atom is -0.497 e. The van der Waals surface area contributed by atoms with Gasteiger partial charge in [0.2, 0.25) is 15.9 Å². The highest BCUT2D eigenvalue weighted by molar-refractivity contribution is 7.93. The normalized spacial score (nSPS) is 13.9. The van der Waals surface area contributed by atoms with E-state index in [2.05, 4.69) is 5.32 Å². The van der Waals surface area contributed by atoms with Crippen molar-refractivity contribution >= 4 is 31.6 Å². The molecule has 4 rings (SSSR count). The number of nitrogens with one attached hydrogen (secondary N) is 1. The highest BCUT2D eigenvalue weighted by atomic mass is 32.2. The molecule has 11 nitrogen and oxygen atoms in total. The zero-order valence-electron chi connectivity index (χ0n) is 23.8. The molecule has 1 aliphatic heterocycles. The third-order valence-corrected chi connectivity index (χ3v) is 10.5. The van der Waals surface area contributed by atoms with Crippen LogP contribution in [0.3, 0.4) is 0 Å². The Hall–Kier alpha value is -3.81. The van der Waals surface area contributed by atoms with Crippen LogP contribution >= 0.6 is 0 Å². The van der Waals surface area contributed by atoms with E-state index in [1.54, 1.807) is 36.4 Å². The average molecular weight is 618 g/mol. The first-order chi connectivity index (χ1) is 20.1. The van der Waals surface area contributed by atoms with Gasteiger partial charge in [-0.1, -0.05) is 17.7 Å². The van der Waals surface area contributed by atoms with Gasteiger partial charge in [0, 0.05) is 19.2 Å². The molecule has 13 heteroatoms. The Balaban J connectivity index is 1.43. The third-order valence-electron chi connectivity index (χ3n) is 6.77. The van der Waals surface area contributed by atoms with Crippen LogP contribution in [0.4, 0.5) is 5.69 Å². The SMILES string of the molecule is COc1ccc(OC)c(N(CC(=O)NCCOc2ccc(S(=O)(=O)N3CCCC3)cc2)S(=O)(=O)c2ccc(C)cc2)c1. The van der Waals surface area contributed by atoms with Gasteiger partial charge in [0.25, 0.3) is 10.0 Å². The van der Waals surface area contributed by atoms with Crippen LogP contribution in [0, 0.1) is 6.92 Å². The van der Waals surface area contributed by atoms with Crippen molar-refractivity contribution in [2.24, 2.45) is 0 Å². The predicted molar refractivity (Wildman–Crippen MR) is 158 cm³/mol. The maximum Gasteiger partial charge on any atom is 0.264 e. The molecule has 0 aliphatic carbocycles. The van der Waals surface area contributed by atoms with Crippen molar-refractivity contribution < 1.29 is 35.8 Å². The molecule has 3 aromatic carbocycles. The molecule has 0 atom stereocenters. The Morgan fingerprint density at radius 3 is 2.10 bits per heavy atom. The lowest BCUT2D eigenvalue weighted by molar-refractivity contribution is -0.119. The Kier molecular flexibility index (Phi) is 9.97. The first kappa shape index (κ1) is 31.1. The first-order valence-corrected chi connectivity index (χ1v) is 16.3. The number of carbonyl (C=O) groups is 1. The minimum atomic E-state index is -4.17. The van der Waals surface area contributed by atoms with Gasteiger partial charge in [0.05, 0.1) is 36.2 Å². The summed E-state index contributed by atoms with van der Waals surface area (Å²) in [6.07, 6.45) is 1.71. The third kappa shape index (κ3) is 7.15. The van der Waals surface area contributed by atoms with Crippen LogP contribution in [0.2, 0.25) is 0 Å². The zero-order valence-corrected chi connectivity index (χ0v) is 25.4. The molecule has 1 fully saturated rings. The second-order valence-electron chi connectivity index (χ2n) is 9.64. The van der Waals surface area contributed by atoms with Gasteiger partial charge >= 0.3 is 0 Å². The summed E-state index contributed by atoms with van der Waals surface area (Å²) in [5.41, 5.74) is 1.04. The summed E-state index contributed by atoms with van der Waals surface area (Å²) >= 11 is 0. The van der Waals surface area contributed by atoms with Gasteiger partial charge in [-0.15, -0.1) is 0 Å². The number of carbonyl (C=O) groups excluding carboxylic acids is 1. The maximum absolute atomic E-state index is 13.7. The van der Waals surface area contributed by atoms with E-state index < -0.39 is 32.5 Å². The minimum absolute atomic E-state index is 0.0179. The molecule has 0 unspecified atom stereocenters. The molecule has 1 N–H and O–H groups in total. The fourth-order valence-corrected chi connectivity index (χ4v) is 7.40. The van der Waals surface area contributed by atoms with Crippen LogP contribution in [0.5, 0.6) is 17.2 Å². The van der Waals surface area contributed by atoms with E-state index in [0.717, 1.165) is 22.7 Å². The Morgan fingerprint density at radius 2 is 1.48 bits per heavy atom. The average Bonchev–Trinajstić information content (AvgIpc) is 3.54. The molecule has 42 heavy (non-hydrogen) atoms. The van der Waals surface area contributed by atoms with Gasteiger partial charge in [0.15, 0.2) is 0 Å². The van der Waals surface area contributed by atoms with Crippen molar-refractivity contribution in [3.05, 3.63) is 72.3 Å². The van der Waals surface area contributed by atoms with E-state index in [4.69, 9.17) is 14.2 Å². The molecule has 0 radical (unpaired) electrons. The van der Waals surface area contributed by atoms with Gasteiger partial charge in [0.1, 0.15) is 30.4 Å². The largest absolute Gasteiger partial charge is 0.497 e. The molecule has 0 bridgehead atoms. The maximum atomic E-state index is 13.7. The lowest BCUT2D eigenvalue weighted by atomic mass is 10.2. The number of benzene rings is 3. The zero-order chi connectivity index (χ0) is 30.3. The van der Waals surface area contributed by atoms with Crippen molar-refractivity contribution in [2.45, 2.75) is 29.6 Å². The van der Waals surface area contributed by atoms with Crippen molar-refractivity contribution in [3.63, 3.8) is 0 Å². The lowest BCUT2D eigenvalue weighted by Gasteiger charge is -2.26. The Morgan fingerprint density at radius 1 is 0.857 bits per heavy atom. The van der Waals surface area contributed by atoms with Crippen molar-refractivity contribution in [1.82, 2.24) is 9.62 Å². The number of anilines is 1. The van der Waals surface area contributed by atoms with Crippen LogP contribution in [0.15, 0.2) is 76.5 Å². The molecule has 1 amide bonds. The van der Waals surface area contributed by atoms with Crippen molar-refractivity contribution in [2.75, 3.05) is 51.3 Å². The number of amides is 1. The van der Waals surface area contributed by atoms with Gasteiger partial charge in [-0.05, 0) is 68.3 Å². The molecule has 226 valence electrons. The first-order valence-electron chi connectivity index (χ1n) is 13.4. The molecular formula is C29H35N3O8S2. The van der Waals surface area contributed by atoms with Gasteiger partial charge in [-0.25, -0.2) is 16.8 Å². The smallest absolute Gasteiger partial charge is 0.264 e. The topological polar surface area (TPSA) is 132 Å². The Labute approximate surface area is 247 Å². The van der Waals surface area contributed by atoms with E-state index in [1.165, 1.54) is 48.9 Å². The lowest BCUT2D eigenvalue weighted by Crippen LogP contribution is -2.42. The fraction of sp³-hybridized carbons (Fsp3) is 0.345. The summed E-state index contributed by atoms with van der Waals surface area (Å²) < 4.78 is 71.7. The van der Waals surface area contributed by atoms with Crippen LogP contribution in [-0.4, -0.2) is 74.1 Å².